The number of likely N-dealkylation sites (tertiary alicyclic amines) is 1. The first-order valence-corrected chi connectivity index (χ1v) is 7.52. The van der Waals surface area contributed by atoms with E-state index in [0.717, 1.165) is 36.6 Å². The molecule has 1 aliphatic heterocycles. The van der Waals surface area contributed by atoms with Gasteiger partial charge in [-0.1, -0.05) is 0 Å². The van der Waals surface area contributed by atoms with E-state index in [-0.39, 0.29) is 12.5 Å². The topological polar surface area (TPSA) is 53.4 Å². The van der Waals surface area contributed by atoms with E-state index in [1.54, 1.807) is 0 Å². The van der Waals surface area contributed by atoms with E-state index < -0.39 is 0 Å². The number of aliphatic hydroxyl groups excluding tert-OH is 1. The van der Waals surface area contributed by atoms with E-state index in [0.29, 0.717) is 18.2 Å². The molecule has 1 amide bonds. The molecule has 6 heteroatoms. The third-order valence-electron chi connectivity index (χ3n) is 3.21. The van der Waals surface area contributed by atoms with Gasteiger partial charge in [0.1, 0.15) is 5.01 Å². The first-order valence-electron chi connectivity index (χ1n) is 6.10. The highest BCUT2D eigenvalue weighted by Crippen LogP contribution is 2.21. The summed E-state index contributed by atoms with van der Waals surface area (Å²) in [4.78, 5) is 18.2. The van der Waals surface area contributed by atoms with Crippen LogP contribution in [-0.2, 0) is 17.1 Å². The second kappa shape index (κ2) is 6.50. The normalized spacial score (nSPS) is 19.4. The maximum absolute atomic E-state index is 12.1. The van der Waals surface area contributed by atoms with Crippen molar-refractivity contribution >= 4 is 28.8 Å². The standard InChI is InChI=1S/C12H17ClN2O2S/c13-6-10-8-18-11(14-10)5-12(17)15-3-1-9(7-15)2-4-16/h8-9,16H,1-7H2. The number of hydrogen-bond donors (Lipinski definition) is 1. The summed E-state index contributed by atoms with van der Waals surface area (Å²) in [5.41, 5.74) is 0.837. The lowest BCUT2D eigenvalue weighted by Crippen LogP contribution is -2.30. The molecule has 0 aromatic carbocycles. The number of halogens is 1. The van der Waals surface area contributed by atoms with Gasteiger partial charge < -0.3 is 10.0 Å². The van der Waals surface area contributed by atoms with Crippen LogP contribution in [0.4, 0.5) is 0 Å². The predicted octanol–water partition coefficient (Wildman–Crippen LogP) is 1.66. The average Bonchev–Trinajstić information content (AvgIpc) is 2.98. The van der Waals surface area contributed by atoms with E-state index >= 15 is 0 Å². The Hall–Kier alpha value is -0.650. The van der Waals surface area contributed by atoms with Gasteiger partial charge in [-0.05, 0) is 18.8 Å². The van der Waals surface area contributed by atoms with Gasteiger partial charge in [-0.3, -0.25) is 4.79 Å². The lowest BCUT2D eigenvalue weighted by molar-refractivity contribution is -0.129. The van der Waals surface area contributed by atoms with E-state index in [1.165, 1.54) is 11.3 Å². The van der Waals surface area contributed by atoms with Crippen molar-refractivity contribution in [2.45, 2.75) is 25.1 Å². The van der Waals surface area contributed by atoms with Crippen molar-refractivity contribution in [3.8, 4) is 0 Å². The van der Waals surface area contributed by atoms with Gasteiger partial charge in [-0.15, -0.1) is 22.9 Å². The van der Waals surface area contributed by atoms with E-state index in [4.69, 9.17) is 16.7 Å². The van der Waals surface area contributed by atoms with Gasteiger partial charge in [0.2, 0.25) is 5.91 Å². The Balaban J connectivity index is 1.85. The summed E-state index contributed by atoms with van der Waals surface area (Å²) in [7, 11) is 0. The molecule has 2 heterocycles. The Kier molecular flexibility index (Phi) is 4.97. The number of carbonyl (C=O) groups excluding carboxylic acids is 1. The van der Waals surface area contributed by atoms with Crippen molar-refractivity contribution in [1.29, 1.82) is 0 Å². The van der Waals surface area contributed by atoms with E-state index in [1.807, 2.05) is 10.3 Å². The number of rotatable bonds is 5. The number of thiazole rings is 1. The van der Waals surface area contributed by atoms with E-state index in [2.05, 4.69) is 4.98 Å². The van der Waals surface area contributed by atoms with Gasteiger partial charge >= 0.3 is 0 Å². The van der Waals surface area contributed by atoms with Gasteiger partial charge in [-0.25, -0.2) is 4.98 Å². The van der Waals surface area contributed by atoms with Crippen LogP contribution in [0.25, 0.3) is 0 Å². The second-order valence-electron chi connectivity index (χ2n) is 4.55. The Morgan fingerprint density at radius 3 is 3.17 bits per heavy atom. The maximum atomic E-state index is 12.1. The molecule has 0 saturated carbocycles. The highest BCUT2D eigenvalue weighted by Gasteiger charge is 2.26. The quantitative estimate of drug-likeness (QED) is 0.839. The zero-order valence-electron chi connectivity index (χ0n) is 10.1. The molecule has 18 heavy (non-hydrogen) atoms. The molecule has 1 atom stereocenters. The second-order valence-corrected chi connectivity index (χ2v) is 5.76. The van der Waals surface area contributed by atoms with Crippen LogP contribution >= 0.6 is 22.9 Å². The van der Waals surface area contributed by atoms with Crippen molar-refractivity contribution < 1.29 is 9.90 Å². The molecule has 0 aliphatic carbocycles. The molecule has 0 radical (unpaired) electrons. The smallest absolute Gasteiger partial charge is 0.229 e. The summed E-state index contributed by atoms with van der Waals surface area (Å²) in [6.45, 7) is 1.78. The van der Waals surface area contributed by atoms with Crippen molar-refractivity contribution in [1.82, 2.24) is 9.88 Å². The Labute approximate surface area is 116 Å². The molecule has 1 unspecified atom stereocenters. The molecule has 0 bridgehead atoms. The molecule has 1 saturated heterocycles. The molecule has 100 valence electrons. The summed E-state index contributed by atoms with van der Waals surface area (Å²) in [5, 5.41) is 11.6. The van der Waals surface area contributed by atoms with Crippen LogP contribution in [0.3, 0.4) is 0 Å². The zero-order chi connectivity index (χ0) is 13.0. The van der Waals surface area contributed by atoms with Crippen LogP contribution in [0.2, 0.25) is 0 Å². The van der Waals surface area contributed by atoms with Gasteiger partial charge in [0.05, 0.1) is 18.0 Å². The monoisotopic (exact) mass is 288 g/mol. The zero-order valence-corrected chi connectivity index (χ0v) is 11.7. The molecular formula is C12H17ClN2O2S. The number of carbonyl (C=O) groups is 1. The number of alkyl halides is 1. The molecule has 1 fully saturated rings. The van der Waals surface area contributed by atoms with Crippen LogP contribution < -0.4 is 0 Å². The number of amides is 1. The van der Waals surface area contributed by atoms with Crippen LogP contribution in [-0.4, -0.2) is 40.6 Å². The minimum absolute atomic E-state index is 0.130. The Morgan fingerprint density at radius 1 is 1.67 bits per heavy atom. The number of hydrogen-bond acceptors (Lipinski definition) is 4. The number of aromatic nitrogens is 1. The fourth-order valence-electron chi connectivity index (χ4n) is 2.21. The molecule has 1 aromatic rings. The van der Waals surface area contributed by atoms with Crippen LogP contribution in [0.1, 0.15) is 23.5 Å². The fraction of sp³-hybridized carbons (Fsp3) is 0.667. The lowest BCUT2D eigenvalue weighted by Gasteiger charge is -2.15. The van der Waals surface area contributed by atoms with Gasteiger partial charge in [-0.2, -0.15) is 0 Å². The maximum Gasteiger partial charge on any atom is 0.229 e. The summed E-state index contributed by atoms with van der Waals surface area (Å²) in [5.74, 6) is 0.979. The van der Waals surface area contributed by atoms with Crippen LogP contribution in [0, 0.1) is 5.92 Å². The minimum atomic E-state index is 0.130. The Bertz CT molecular complexity index is 411. The molecular weight excluding hydrogens is 272 g/mol. The van der Waals surface area contributed by atoms with Crippen LogP contribution in [0.15, 0.2) is 5.38 Å². The highest BCUT2D eigenvalue weighted by atomic mass is 35.5. The van der Waals surface area contributed by atoms with Crippen molar-refractivity contribution in [3.05, 3.63) is 16.1 Å². The highest BCUT2D eigenvalue weighted by molar-refractivity contribution is 7.09. The fourth-order valence-corrected chi connectivity index (χ4v) is 3.22. The third kappa shape index (κ3) is 3.43. The first-order chi connectivity index (χ1) is 8.72. The largest absolute Gasteiger partial charge is 0.396 e. The molecule has 1 aliphatic rings. The average molecular weight is 289 g/mol. The summed E-state index contributed by atoms with van der Waals surface area (Å²) in [6.07, 6.45) is 2.15. The van der Waals surface area contributed by atoms with Crippen molar-refractivity contribution in [2.24, 2.45) is 5.92 Å². The van der Waals surface area contributed by atoms with E-state index in [9.17, 15) is 4.79 Å². The molecule has 0 spiro atoms. The van der Waals surface area contributed by atoms with Gasteiger partial charge in [0.15, 0.2) is 0 Å². The lowest BCUT2D eigenvalue weighted by atomic mass is 10.1. The summed E-state index contributed by atoms with van der Waals surface area (Å²) >= 11 is 7.17. The van der Waals surface area contributed by atoms with Crippen molar-refractivity contribution in [2.75, 3.05) is 19.7 Å². The van der Waals surface area contributed by atoms with Gasteiger partial charge in [0, 0.05) is 25.1 Å². The van der Waals surface area contributed by atoms with Gasteiger partial charge in [0.25, 0.3) is 0 Å². The van der Waals surface area contributed by atoms with Crippen molar-refractivity contribution in [3.63, 3.8) is 0 Å². The number of nitrogens with zero attached hydrogens (tertiary/aromatic N) is 2. The van der Waals surface area contributed by atoms with Crippen LogP contribution in [0.5, 0.6) is 0 Å². The molecule has 4 nitrogen and oxygen atoms in total. The first kappa shape index (κ1) is 13.8. The summed E-state index contributed by atoms with van der Waals surface area (Å²) in [6, 6.07) is 0. The Morgan fingerprint density at radius 2 is 2.50 bits per heavy atom. The molecule has 2 rings (SSSR count). The predicted molar refractivity (Wildman–Crippen MR) is 71.8 cm³/mol. The third-order valence-corrected chi connectivity index (χ3v) is 4.39. The number of aliphatic hydroxyl groups is 1. The molecule has 1 N–H and O–H groups in total. The molecule has 1 aromatic heterocycles. The summed E-state index contributed by atoms with van der Waals surface area (Å²) < 4.78 is 0. The minimum Gasteiger partial charge on any atom is -0.396 e. The SMILES string of the molecule is O=C(Cc1nc(CCl)cs1)N1CCC(CCO)C1.